The van der Waals surface area contributed by atoms with E-state index in [0.717, 1.165) is 62.4 Å². The number of hydrogen-bond acceptors (Lipinski definition) is 4. The normalized spacial score (nSPS) is 16.0. The Labute approximate surface area is 120 Å². The maximum Gasteiger partial charge on any atom is 0.195 e. The Hall–Kier alpha value is -1.55. The van der Waals surface area contributed by atoms with Crippen molar-refractivity contribution in [3.63, 3.8) is 0 Å². The van der Waals surface area contributed by atoms with Gasteiger partial charge >= 0.3 is 0 Å². The summed E-state index contributed by atoms with van der Waals surface area (Å²) in [4.78, 5) is 7.09. The summed E-state index contributed by atoms with van der Waals surface area (Å²) in [5, 5.41) is 3.40. The van der Waals surface area contributed by atoms with Crippen LogP contribution in [0.25, 0.3) is 11.1 Å². The molecule has 1 aliphatic rings. The van der Waals surface area contributed by atoms with Crippen LogP contribution in [0.15, 0.2) is 16.5 Å². The van der Waals surface area contributed by atoms with E-state index in [-0.39, 0.29) is 0 Å². The molecule has 2 aromatic rings. The van der Waals surface area contributed by atoms with E-state index in [1.54, 1.807) is 0 Å². The Kier molecular flexibility index (Phi) is 3.92. The zero-order valence-electron chi connectivity index (χ0n) is 12.4. The molecule has 1 saturated heterocycles. The molecule has 0 spiro atoms. The summed E-state index contributed by atoms with van der Waals surface area (Å²) in [5.41, 5.74) is 4.55. The number of piperazine rings is 1. The lowest BCUT2D eigenvalue weighted by molar-refractivity contribution is 0.523. The molecule has 0 aliphatic carbocycles. The lowest BCUT2D eigenvalue weighted by atomic mass is 10.1. The summed E-state index contributed by atoms with van der Waals surface area (Å²) < 4.78 is 5.93. The monoisotopic (exact) mass is 273 g/mol. The van der Waals surface area contributed by atoms with Gasteiger partial charge in [0.15, 0.2) is 11.5 Å². The summed E-state index contributed by atoms with van der Waals surface area (Å²) >= 11 is 0. The molecule has 4 heteroatoms. The summed E-state index contributed by atoms with van der Waals surface area (Å²) in [7, 11) is 0. The fourth-order valence-corrected chi connectivity index (χ4v) is 2.82. The topological polar surface area (TPSA) is 41.3 Å². The molecule has 0 amide bonds. The summed E-state index contributed by atoms with van der Waals surface area (Å²) in [5.74, 6) is 0.870. The van der Waals surface area contributed by atoms with Crippen molar-refractivity contribution in [3.05, 3.63) is 23.6 Å². The molecule has 1 aromatic heterocycles. The van der Waals surface area contributed by atoms with Crippen molar-refractivity contribution in [1.82, 2.24) is 10.3 Å². The summed E-state index contributed by atoms with van der Waals surface area (Å²) in [6, 6.07) is 4.46. The SMILES string of the molecule is CCCc1nc2cc(N3CCNCC3)cc(CC)c2o1. The summed E-state index contributed by atoms with van der Waals surface area (Å²) in [6.45, 7) is 8.57. The zero-order chi connectivity index (χ0) is 13.9. The minimum absolute atomic E-state index is 0.870. The van der Waals surface area contributed by atoms with Crippen LogP contribution in [0.2, 0.25) is 0 Å². The van der Waals surface area contributed by atoms with Crippen LogP contribution < -0.4 is 10.2 Å². The number of anilines is 1. The van der Waals surface area contributed by atoms with Gasteiger partial charge < -0.3 is 14.6 Å². The smallest absolute Gasteiger partial charge is 0.195 e. The van der Waals surface area contributed by atoms with Crippen molar-refractivity contribution >= 4 is 16.8 Å². The van der Waals surface area contributed by atoms with Crippen molar-refractivity contribution in [1.29, 1.82) is 0 Å². The predicted molar refractivity (Wildman–Crippen MR) is 82.5 cm³/mol. The highest BCUT2D eigenvalue weighted by Gasteiger charge is 2.15. The molecule has 2 heterocycles. The molecule has 108 valence electrons. The van der Waals surface area contributed by atoms with E-state index >= 15 is 0 Å². The molecule has 1 fully saturated rings. The predicted octanol–water partition coefficient (Wildman–Crippen LogP) is 2.75. The van der Waals surface area contributed by atoms with Crippen LogP contribution >= 0.6 is 0 Å². The minimum atomic E-state index is 0.870. The van der Waals surface area contributed by atoms with E-state index in [9.17, 15) is 0 Å². The molecular weight excluding hydrogens is 250 g/mol. The van der Waals surface area contributed by atoms with Gasteiger partial charge in [0, 0.05) is 38.3 Å². The average molecular weight is 273 g/mol. The van der Waals surface area contributed by atoms with E-state index in [2.05, 4.69) is 41.2 Å². The van der Waals surface area contributed by atoms with Crippen molar-refractivity contribution in [2.45, 2.75) is 33.1 Å². The molecule has 3 rings (SSSR count). The van der Waals surface area contributed by atoms with Gasteiger partial charge in [-0.15, -0.1) is 0 Å². The van der Waals surface area contributed by atoms with Gasteiger partial charge in [-0.3, -0.25) is 0 Å². The van der Waals surface area contributed by atoms with Gasteiger partial charge in [-0.05, 0) is 30.5 Å². The number of nitrogens with one attached hydrogen (secondary N) is 1. The standard InChI is InChI=1S/C16H23N3O/c1-3-5-15-18-14-11-13(19-8-6-17-7-9-19)10-12(4-2)16(14)20-15/h10-11,17H,3-9H2,1-2H3. The van der Waals surface area contributed by atoms with Crippen molar-refractivity contribution in [3.8, 4) is 0 Å². The Morgan fingerprint density at radius 1 is 1.25 bits per heavy atom. The molecule has 0 saturated carbocycles. The number of rotatable bonds is 4. The third kappa shape index (κ3) is 2.52. The van der Waals surface area contributed by atoms with E-state index in [0.29, 0.717) is 0 Å². The molecule has 1 aromatic carbocycles. The molecule has 0 atom stereocenters. The molecular formula is C16H23N3O. The Bertz CT molecular complexity index is 585. The van der Waals surface area contributed by atoms with Crippen LogP contribution in [-0.4, -0.2) is 31.2 Å². The van der Waals surface area contributed by atoms with Gasteiger partial charge in [-0.2, -0.15) is 0 Å². The minimum Gasteiger partial charge on any atom is -0.440 e. The Balaban J connectivity index is 2.01. The largest absolute Gasteiger partial charge is 0.440 e. The van der Waals surface area contributed by atoms with Crippen molar-refractivity contribution in [2.75, 3.05) is 31.1 Å². The number of oxazole rings is 1. The second-order valence-corrected chi connectivity index (χ2v) is 5.40. The first kappa shape index (κ1) is 13.4. The van der Waals surface area contributed by atoms with E-state index in [4.69, 9.17) is 4.42 Å². The molecule has 4 nitrogen and oxygen atoms in total. The number of benzene rings is 1. The first-order valence-corrected chi connectivity index (χ1v) is 7.69. The zero-order valence-corrected chi connectivity index (χ0v) is 12.4. The lowest BCUT2D eigenvalue weighted by Crippen LogP contribution is -2.43. The number of fused-ring (bicyclic) bond motifs is 1. The maximum atomic E-state index is 5.93. The fourth-order valence-electron chi connectivity index (χ4n) is 2.82. The van der Waals surface area contributed by atoms with E-state index < -0.39 is 0 Å². The highest BCUT2D eigenvalue weighted by atomic mass is 16.3. The van der Waals surface area contributed by atoms with Crippen LogP contribution in [0.4, 0.5) is 5.69 Å². The fraction of sp³-hybridized carbons (Fsp3) is 0.562. The van der Waals surface area contributed by atoms with Gasteiger partial charge in [0.25, 0.3) is 0 Å². The van der Waals surface area contributed by atoms with Crippen LogP contribution in [0.3, 0.4) is 0 Å². The molecule has 0 unspecified atom stereocenters. The Morgan fingerprint density at radius 2 is 2.05 bits per heavy atom. The third-order valence-corrected chi connectivity index (χ3v) is 3.92. The molecule has 1 aliphatic heterocycles. The third-order valence-electron chi connectivity index (χ3n) is 3.92. The van der Waals surface area contributed by atoms with Gasteiger partial charge in [-0.25, -0.2) is 4.98 Å². The first-order valence-electron chi connectivity index (χ1n) is 7.69. The maximum absolute atomic E-state index is 5.93. The number of hydrogen-bond donors (Lipinski definition) is 1. The van der Waals surface area contributed by atoms with E-state index in [1.807, 2.05) is 0 Å². The van der Waals surface area contributed by atoms with Gasteiger partial charge in [0.05, 0.1) is 0 Å². The lowest BCUT2D eigenvalue weighted by Gasteiger charge is -2.29. The molecule has 0 radical (unpaired) electrons. The second-order valence-electron chi connectivity index (χ2n) is 5.40. The molecule has 20 heavy (non-hydrogen) atoms. The number of nitrogens with zero attached hydrogens (tertiary/aromatic N) is 2. The number of aryl methyl sites for hydroxylation is 2. The van der Waals surface area contributed by atoms with Crippen LogP contribution in [0.5, 0.6) is 0 Å². The first-order chi connectivity index (χ1) is 9.81. The van der Waals surface area contributed by atoms with Gasteiger partial charge in [0.1, 0.15) is 5.52 Å². The quantitative estimate of drug-likeness (QED) is 0.930. The highest BCUT2D eigenvalue weighted by molar-refractivity contribution is 5.81. The summed E-state index contributed by atoms with van der Waals surface area (Å²) in [6.07, 6.45) is 2.97. The van der Waals surface area contributed by atoms with Crippen LogP contribution in [0, 0.1) is 0 Å². The van der Waals surface area contributed by atoms with Gasteiger partial charge in [-0.1, -0.05) is 13.8 Å². The average Bonchev–Trinajstić information content (AvgIpc) is 2.90. The van der Waals surface area contributed by atoms with Crippen molar-refractivity contribution < 1.29 is 4.42 Å². The highest BCUT2D eigenvalue weighted by Crippen LogP contribution is 2.28. The van der Waals surface area contributed by atoms with Crippen LogP contribution in [-0.2, 0) is 12.8 Å². The van der Waals surface area contributed by atoms with Gasteiger partial charge in [0.2, 0.25) is 0 Å². The van der Waals surface area contributed by atoms with Crippen molar-refractivity contribution in [2.24, 2.45) is 0 Å². The molecule has 1 N–H and O–H groups in total. The molecule has 0 bridgehead atoms. The second kappa shape index (κ2) is 5.83. The van der Waals surface area contributed by atoms with Crippen LogP contribution in [0.1, 0.15) is 31.7 Å². The van der Waals surface area contributed by atoms with E-state index in [1.165, 1.54) is 11.3 Å². The number of aromatic nitrogens is 1. The Morgan fingerprint density at radius 3 is 2.75 bits per heavy atom.